The van der Waals surface area contributed by atoms with E-state index in [-0.39, 0.29) is 33.1 Å². The minimum absolute atomic E-state index is 0.00620. The number of carbonyl (C=O) groups is 1. The van der Waals surface area contributed by atoms with Gasteiger partial charge >= 0.3 is 0 Å². The molecule has 0 aromatic heterocycles. The zero-order valence-electron chi connectivity index (χ0n) is 21.3. The molecule has 0 aliphatic carbocycles. The minimum Gasteiger partial charge on any atom is -0.322 e. The fourth-order valence-corrected chi connectivity index (χ4v) is 7.20. The number of anilines is 2. The third kappa shape index (κ3) is 7.12. The molecule has 0 unspecified atom stereocenters. The Bertz CT molecular complexity index is 1540. The highest BCUT2D eigenvalue weighted by molar-refractivity contribution is 7.92. The van der Waals surface area contributed by atoms with Crippen LogP contribution in [0.25, 0.3) is 0 Å². The van der Waals surface area contributed by atoms with Gasteiger partial charge in [0.1, 0.15) is 0 Å². The standard InChI is InChI=1S/C27H29Cl2N3O5S2/c1-38(34,35)32(25-8-6-7-24(28)26(25)29)19-20-9-11-21(12-10-20)27(33)30-22-13-15-23(16-14-22)39(36,37)31-17-4-2-3-5-18-31/h6-16H,2-5,17-19H2,1H3,(H,30,33). The van der Waals surface area contributed by atoms with Crippen LogP contribution in [0.3, 0.4) is 0 Å². The van der Waals surface area contributed by atoms with Crippen LogP contribution in [0, 0.1) is 0 Å². The third-order valence-corrected chi connectivity index (χ3v) is 10.3. The smallest absolute Gasteiger partial charge is 0.255 e. The number of nitrogens with one attached hydrogen (secondary N) is 1. The van der Waals surface area contributed by atoms with Crippen LogP contribution in [0.4, 0.5) is 11.4 Å². The van der Waals surface area contributed by atoms with Crippen molar-refractivity contribution in [2.24, 2.45) is 0 Å². The van der Waals surface area contributed by atoms with Crippen molar-refractivity contribution in [3.05, 3.63) is 87.9 Å². The fraction of sp³-hybridized carbons (Fsp3) is 0.296. The molecule has 0 saturated carbocycles. The van der Waals surface area contributed by atoms with Gasteiger partial charge in [-0.2, -0.15) is 4.31 Å². The Labute approximate surface area is 239 Å². The Morgan fingerprint density at radius 2 is 1.49 bits per heavy atom. The molecule has 3 aromatic rings. The predicted molar refractivity (Wildman–Crippen MR) is 156 cm³/mol. The summed E-state index contributed by atoms with van der Waals surface area (Å²) in [4.78, 5) is 13.0. The molecular formula is C27H29Cl2N3O5S2. The van der Waals surface area contributed by atoms with E-state index in [1.165, 1.54) is 16.4 Å². The van der Waals surface area contributed by atoms with Crippen LogP contribution in [0.2, 0.25) is 10.0 Å². The van der Waals surface area contributed by atoms with Crippen LogP contribution in [-0.4, -0.2) is 46.4 Å². The van der Waals surface area contributed by atoms with Gasteiger partial charge in [-0.15, -0.1) is 0 Å². The van der Waals surface area contributed by atoms with Crippen molar-refractivity contribution in [1.29, 1.82) is 0 Å². The summed E-state index contributed by atoms with van der Waals surface area (Å²) in [5, 5.41) is 3.13. The van der Waals surface area contributed by atoms with Gasteiger partial charge in [0.25, 0.3) is 5.91 Å². The Hall–Kier alpha value is -2.63. The second kappa shape index (κ2) is 12.3. The maximum absolute atomic E-state index is 13.0. The Morgan fingerprint density at radius 1 is 0.872 bits per heavy atom. The summed E-state index contributed by atoms with van der Waals surface area (Å²) >= 11 is 12.3. The van der Waals surface area contributed by atoms with Crippen LogP contribution in [-0.2, 0) is 26.6 Å². The number of halogens is 2. The normalized spacial score (nSPS) is 14.9. The molecule has 1 aliphatic rings. The van der Waals surface area contributed by atoms with E-state index in [4.69, 9.17) is 23.2 Å². The molecule has 0 bridgehead atoms. The zero-order chi connectivity index (χ0) is 28.2. The van der Waals surface area contributed by atoms with E-state index < -0.39 is 20.0 Å². The minimum atomic E-state index is -3.68. The first kappa shape index (κ1) is 29.4. The molecule has 12 heteroatoms. The Kier molecular flexibility index (Phi) is 9.23. The molecule has 0 spiro atoms. The van der Waals surface area contributed by atoms with Crippen molar-refractivity contribution < 1.29 is 21.6 Å². The van der Waals surface area contributed by atoms with Crippen molar-refractivity contribution in [2.45, 2.75) is 37.1 Å². The van der Waals surface area contributed by atoms with Gasteiger partial charge in [-0.05, 0) is 66.9 Å². The molecule has 1 aliphatic heterocycles. The number of amides is 1. The van der Waals surface area contributed by atoms with Crippen molar-refractivity contribution in [3.63, 3.8) is 0 Å². The summed E-state index contributed by atoms with van der Waals surface area (Å²) in [6, 6.07) is 17.4. The van der Waals surface area contributed by atoms with E-state index in [1.807, 2.05) is 0 Å². The first-order valence-electron chi connectivity index (χ1n) is 12.4. The SMILES string of the molecule is CS(=O)(=O)N(Cc1ccc(C(=O)Nc2ccc(S(=O)(=O)N3CCCCCC3)cc2)cc1)c1cccc(Cl)c1Cl. The van der Waals surface area contributed by atoms with E-state index in [2.05, 4.69) is 5.32 Å². The largest absolute Gasteiger partial charge is 0.322 e. The van der Waals surface area contributed by atoms with E-state index in [9.17, 15) is 21.6 Å². The topological polar surface area (TPSA) is 104 Å². The van der Waals surface area contributed by atoms with E-state index in [1.54, 1.807) is 54.6 Å². The lowest BCUT2D eigenvalue weighted by Gasteiger charge is -2.24. The Morgan fingerprint density at radius 3 is 2.08 bits per heavy atom. The quantitative estimate of drug-likeness (QED) is 0.349. The first-order chi connectivity index (χ1) is 18.5. The fourth-order valence-electron chi connectivity index (χ4n) is 4.34. The van der Waals surface area contributed by atoms with Gasteiger partial charge in [-0.25, -0.2) is 16.8 Å². The lowest BCUT2D eigenvalue weighted by molar-refractivity contribution is 0.102. The summed E-state index contributed by atoms with van der Waals surface area (Å²) in [5.74, 6) is -0.387. The molecule has 1 saturated heterocycles. The van der Waals surface area contributed by atoms with E-state index in [0.29, 0.717) is 29.9 Å². The number of nitrogens with zero attached hydrogens (tertiary/aromatic N) is 2. The van der Waals surface area contributed by atoms with Crippen LogP contribution in [0.15, 0.2) is 71.6 Å². The molecule has 0 radical (unpaired) electrons. The number of hydrogen-bond acceptors (Lipinski definition) is 5. The second-order valence-corrected chi connectivity index (χ2v) is 14.0. The first-order valence-corrected chi connectivity index (χ1v) is 16.4. The second-order valence-electron chi connectivity index (χ2n) is 9.34. The van der Waals surface area contributed by atoms with Gasteiger partial charge in [0.15, 0.2) is 0 Å². The summed E-state index contributed by atoms with van der Waals surface area (Å²) in [6.45, 7) is 1.03. The number of sulfonamides is 2. The van der Waals surface area contributed by atoms with Crippen molar-refractivity contribution in [2.75, 3.05) is 29.0 Å². The highest BCUT2D eigenvalue weighted by Crippen LogP contribution is 2.34. The molecule has 1 fully saturated rings. The van der Waals surface area contributed by atoms with Gasteiger partial charge in [0.2, 0.25) is 20.0 Å². The van der Waals surface area contributed by atoms with Crippen LogP contribution >= 0.6 is 23.2 Å². The van der Waals surface area contributed by atoms with Gasteiger partial charge < -0.3 is 5.32 Å². The number of rotatable bonds is 8. The summed E-state index contributed by atoms with van der Waals surface area (Å²) < 4.78 is 53.6. The molecular weight excluding hydrogens is 581 g/mol. The summed E-state index contributed by atoms with van der Waals surface area (Å²) in [7, 11) is -7.26. The number of carbonyl (C=O) groups excluding carboxylic acids is 1. The zero-order valence-corrected chi connectivity index (χ0v) is 24.5. The Balaban J connectivity index is 1.44. The van der Waals surface area contributed by atoms with E-state index in [0.717, 1.165) is 36.2 Å². The van der Waals surface area contributed by atoms with Gasteiger partial charge in [-0.3, -0.25) is 9.10 Å². The molecule has 4 rings (SSSR count). The average Bonchev–Trinajstić information content (AvgIpc) is 3.20. The number of hydrogen-bond donors (Lipinski definition) is 1. The molecule has 1 heterocycles. The van der Waals surface area contributed by atoms with Gasteiger partial charge in [0.05, 0.1) is 33.4 Å². The highest BCUT2D eigenvalue weighted by Gasteiger charge is 2.25. The monoisotopic (exact) mass is 609 g/mol. The number of benzene rings is 3. The average molecular weight is 611 g/mol. The van der Waals surface area contributed by atoms with Crippen LogP contribution in [0.1, 0.15) is 41.6 Å². The summed E-state index contributed by atoms with van der Waals surface area (Å²) in [6.07, 6.45) is 4.85. The van der Waals surface area contributed by atoms with Crippen molar-refractivity contribution in [3.8, 4) is 0 Å². The molecule has 208 valence electrons. The molecule has 8 nitrogen and oxygen atoms in total. The predicted octanol–water partition coefficient (Wildman–Crippen LogP) is 5.78. The molecule has 39 heavy (non-hydrogen) atoms. The van der Waals surface area contributed by atoms with Crippen LogP contribution in [0.5, 0.6) is 0 Å². The molecule has 1 N–H and O–H groups in total. The van der Waals surface area contributed by atoms with Crippen molar-refractivity contribution in [1.82, 2.24) is 4.31 Å². The lowest BCUT2D eigenvalue weighted by Crippen LogP contribution is -2.31. The van der Waals surface area contributed by atoms with Gasteiger partial charge in [0, 0.05) is 24.3 Å². The highest BCUT2D eigenvalue weighted by atomic mass is 35.5. The molecule has 1 amide bonds. The van der Waals surface area contributed by atoms with Crippen LogP contribution < -0.4 is 9.62 Å². The van der Waals surface area contributed by atoms with Crippen molar-refractivity contribution >= 4 is 60.5 Å². The lowest BCUT2D eigenvalue weighted by atomic mass is 10.1. The molecule has 3 aromatic carbocycles. The van der Waals surface area contributed by atoms with Gasteiger partial charge in [-0.1, -0.05) is 54.2 Å². The maximum Gasteiger partial charge on any atom is 0.255 e. The van der Waals surface area contributed by atoms with E-state index >= 15 is 0 Å². The third-order valence-electron chi connectivity index (χ3n) is 6.46. The maximum atomic E-state index is 13.0. The molecule has 0 atom stereocenters. The summed E-state index contributed by atoms with van der Waals surface area (Å²) in [5.41, 5.74) is 1.70.